The number of nitrogens with two attached hydrogens (primary N) is 2. The van der Waals surface area contributed by atoms with Gasteiger partial charge >= 0.3 is 0 Å². The van der Waals surface area contributed by atoms with Gasteiger partial charge in [-0.3, -0.25) is 28.0 Å². The SMILES string of the molecule is Nc1nc2c(ncn2[C@@H]2O[C@@H]3COP(=O)([O-])O[C@H]4[C@@H](O)[C@H](n5cnc6c(N)ncnc65)O[C@@H]4COP(=O)([O-])O[C@@H]2[C@@H]3F)c(=O)[nH]1. The predicted molar refractivity (Wildman–Crippen MR) is 138 cm³/mol. The van der Waals surface area contributed by atoms with E-state index in [2.05, 4.69) is 29.9 Å². The number of aliphatic hydroxyl groups is 1. The third-order valence-corrected chi connectivity index (χ3v) is 9.19. The molecule has 0 amide bonds. The van der Waals surface area contributed by atoms with Gasteiger partial charge in [0.25, 0.3) is 21.2 Å². The average Bonchev–Trinajstić information content (AvgIpc) is 3.72. The van der Waals surface area contributed by atoms with Crippen molar-refractivity contribution >= 4 is 49.7 Å². The third-order valence-electron chi connectivity index (χ3n) is 7.26. The first kappa shape index (κ1) is 30.2. The molecule has 3 aliphatic rings. The first-order valence-electron chi connectivity index (χ1n) is 12.9. The Morgan fingerprint density at radius 2 is 1.53 bits per heavy atom. The minimum Gasteiger partial charge on any atom is -0.756 e. The van der Waals surface area contributed by atoms with Crippen molar-refractivity contribution in [3.63, 3.8) is 0 Å². The highest BCUT2D eigenvalue weighted by atomic mass is 31.2. The second-order valence-electron chi connectivity index (χ2n) is 10.0. The number of phosphoric acid groups is 2. The molecule has 0 aliphatic carbocycles. The maximum absolute atomic E-state index is 15.7. The second-order valence-corrected chi connectivity index (χ2v) is 12.8. The summed E-state index contributed by atoms with van der Waals surface area (Å²) in [5.41, 5.74) is 10.4. The van der Waals surface area contributed by atoms with Crippen LogP contribution in [-0.4, -0.2) is 94.0 Å². The fraction of sp³-hybridized carbons (Fsp3) is 0.500. The number of aliphatic hydroxyl groups excluding tert-OH is 1. The molecule has 22 nitrogen and oxygen atoms in total. The lowest BCUT2D eigenvalue weighted by atomic mass is 10.1. The Bertz CT molecular complexity index is 1940. The molecule has 7 rings (SSSR count). The molecule has 2 unspecified atom stereocenters. The Labute approximate surface area is 248 Å². The predicted octanol–water partition coefficient (Wildman–Crippen LogP) is -2.63. The lowest BCUT2D eigenvalue weighted by Crippen LogP contribution is -2.37. The van der Waals surface area contributed by atoms with Gasteiger partial charge in [-0.2, -0.15) is 4.98 Å². The topological polar surface area (TPSA) is 315 Å². The Hall–Kier alpha value is -3.47. The van der Waals surface area contributed by atoms with Gasteiger partial charge in [-0.25, -0.2) is 24.3 Å². The van der Waals surface area contributed by atoms with Gasteiger partial charge < -0.3 is 53.9 Å². The van der Waals surface area contributed by atoms with E-state index < -0.39 is 83.6 Å². The molecule has 242 valence electrons. The van der Waals surface area contributed by atoms with E-state index in [1.807, 2.05) is 0 Å². The molecule has 3 saturated heterocycles. The summed E-state index contributed by atoms with van der Waals surface area (Å²) in [5, 5.41) is 11.1. The number of nitrogens with one attached hydrogen (secondary N) is 1. The lowest BCUT2D eigenvalue weighted by molar-refractivity contribution is -0.240. The maximum Gasteiger partial charge on any atom is 0.280 e. The maximum atomic E-state index is 15.7. The molecule has 2 bridgehead atoms. The second kappa shape index (κ2) is 10.8. The van der Waals surface area contributed by atoms with Crippen LogP contribution in [0.3, 0.4) is 0 Å². The highest BCUT2D eigenvalue weighted by Crippen LogP contribution is 2.51. The lowest BCUT2D eigenvalue weighted by Gasteiger charge is -2.32. The van der Waals surface area contributed by atoms with Gasteiger partial charge in [0.05, 0.1) is 25.9 Å². The summed E-state index contributed by atoms with van der Waals surface area (Å²) < 4.78 is 75.1. The molecule has 3 aliphatic heterocycles. The summed E-state index contributed by atoms with van der Waals surface area (Å²) in [4.78, 5) is 60.1. The van der Waals surface area contributed by atoms with Crippen LogP contribution in [0.4, 0.5) is 16.2 Å². The molecule has 25 heteroatoms. The fourth-order valence-corrected chi connectivity index (χ4v) is 7.11. The third kappa shape index (κ3) is 5.30. The van der Waals surface area contributed by atoms with E-state index >= 15 is 4.39 Å². The van der Waals surface area contributed by atoms with Crippen molar-refractivity contribution < 1.29 is 56.0 Å². The number of aromatic nitrogens is 8. The minimum atomic E-state index is -5.46. The molecule has 0 spiro atoms. The number of aromatic amines is 1. The molecule has 45 heavy (non-hydrogen) atoms. The standard InChI is InChI=1S/C20H23FN10O12P2/c21-8-6-1-38-44(34,35)42-12-7(41-18(11(12)32)30-4-26-9-14(22)24-3-25-15(9)30)2-39-45(36,37)43-13(8)19(40-6)31-5-27-10-16(31)28-20(23)29-17(10)33/h3-8,11-13,18-19,32H,1-2H2,(H,34,35)(H,36,37)(H2,22,24,25)(H3,23,28,29,33)/p-2/t6-,7-,8-,11-,12-,13-,18-,19-/m1/s1. The van der Waals surface area contributed by atoms with E-state index in [1.54, 1.807) is 0 Å². The van der Waals surface area contributed by atoms with Gasteiger partial charge in [-0.05, 0) is 0 Å². The molecular weight excluding hydrogens is 653 g/mol. The highest BCUT2D eigenvalue weighted by molar-refractivity contribution is 7.46. The van der Waals surface area contributed by atoms with Gasteiger partial charge in [-0.15, -0.1) is 0 Å². The molecule has 0 aromatic carbocycles. The number of H-pyrrole nitrogens is 1. The number of nitrogens with zero attached hydrogens (tertiary/aromatic N) is 7. The minimum absolute atomic E-state index is 0.00587. The van der Waals surface area contributed by atoms with Gasteiger partial charge in [0.1, 0.15) is 42.4 Å². The van der Waals surface area contributed by atoms with Gasteiger partial charge in [-0.1, -0.05) is 0 Å². The summed E-state index contributed by atoms with van der Waals surface area (Å²) in [5.74, 6) is -0.330. The molecule has 3 fully saturated rings. The number of hydrogen-bond donors (Lipinski definition) is 4. The first-order chi connectivity index (χ1) is 21.3. The molecule has 10 atom stereocenters. The van der Waals surface area contributed by atoms with Crippen LogP contribution in [-0.2, 0) is 36.7 Å². The fourth-order valence-electron chi connectivity index (χ4n) is 5.25. The van der Waals surface area contributed by atoms with E-state index in [0.29, 0.717) is 0 Å². The Morgan fingerprint density at radius 3 is 2.27 bits per heavy atom. The molecule has 4 aromatic rings. The molecule has 0 saturated carbocycles. The number of alkyl halides is 1. The van der Waals surface area contributed by atoms with Crippen LogP contribution in [0.15, 0.2) is 23.8 Å². The quantitative estimate of drug-likeness (QED) is 0.158. The first-order valence-corrected chi connectivity index (χ1v) is 15.8. The molecule has 4 aromatic heterocycles. The average molecular weight is 674 g/mol. The monoisotopic (exact) mass is 674 g/mol. The van der Waals surface area contributed by atoms with Crippen molar-refractivity contribution in [2.75, 3.05) is 24.7 Å². The normalized spacial score (nSPS) is 37.7. The van der Waals surface area contributed by atoms with Gasteiger partial charge in [0.15, 0.2) is 41.3 Å². The van der Waals surface area contributed by atoms with E-state index in [0.717, 1.165) is 17.2 Å². The van der Waals surface area contributed by atoms with Gasteiger partial charge in [0.2, 0.25) is 5.95 Å². The molecule has 6 N–H and O–H groups in total. The zero-order valence-corrected chi connectivity index (χ0v) is 24.0. The summed E-state index contributed by atoms with van der Waals surface area (Å²) in [7, 11) is -10.8. The van der Waals surface area contributed by atoms with Crippen LogP contribution in [0.5, 0.6) is 0 Å². The molecular formula is C20H21FN10O12P2-2. The number of nitrogen functional groups attached to an aromatic ring is 2. The van der Waals surface area contributed by atoms with Crippen molar-refractivity contribution in [2.24, 2.45) is 0 Å². The van der Waals surface area contributed by atoms with Crippen LogP contribution in [0.1, 0.15) is 12.5 Å². The number of hydrogen-bond acceptors (Lipinski definition) is 19. The van der Waals surface area contributed by atoms with E-state index in [4.69, 9.17) is 39.0 Å². The number of rotatable bonds is 2. The number of imidazole rings is 2. The summed E-state index contributed by atoms with van der Waals surface area (Å²) >= 11 is 0. The van der Waals surface area contributed by atoms with Crippen molar-refractivity contribution in [2.45, 2.75) is 49.1 Å². The summed E-state index contributed by atoms with van der Waals surface area (Å²) in [6.45, 7) is -1.99. The Balaban J connectivity index is 1.21. The number of halogens is 1. The highest BCUT2D eigenvalue weighted by Gasteiger charge is 2.52. The van der Waals surface area contributed by atoms with E-state index in [1.165, 1.54) is 10.9 Å². The van der Waals surface area contributed by atoms with E-state index in [-0.39, 0.29) is 34.1 Å². The van der Waals surface area contributed by atoms with Crippen LogP contribution < -0.4 is 26.8 Å². The number of ether oxygens (including phenoxy) is 2. The van der Waals surface area contributed by atoms with Gasteiger partial charge in [0, 0.05) is 0 Å². The smallest absolute Gasteiger partial charge is 0.280 e. The van der Waals surface area contributed by atoms with Crippen LogP contribution in [0.25, 0.3) is 22.3 Å². The van der Waals surface area contributed by atoms with Crippen molar-refractivity contribution in [1.29, 1.82) is 0 Å². The summed E-state index contributed by atoms with van der Waals surface area (Å²) in [6.07, 6.45) is -11.1. The Morgan fingerprint density at radius 1 is 0.911 bits per heavy atom. The van der Waals surface area contributed by atoms with Crippen molar-refractivity contribution in [3.8, 4) is 0 Å². The number of fused-ring (bicyclic) bond motifs is 5. The van der Waals surface area contributed by atoms with Crippen molar-refractivity contribution in [1.82, 2.24) is 39.0 Å². The molecule has 7 heterocycles. The number of phosphoric ester groups is 2. The summed E-state index contributed by atoms with van der Waals surface area (Å²) in [6, 6.07) is 0. The van der Waals surface area contributed by atoms with E-state index in [9.17, 15) is 28.8 Å². The van der Waals surface area contributed by atoms with Crippen molar-refractivity contribution in [3.05, 3.63) is 29.3 Å². The largest absolute Gasteiger partial charge is 0.756 e. The number of anilines is 2. The van der Waals surface area contributed by atoms with Crippen LogP contribution in [0, 0.1) is 0 Å². The van der Waals surface area contributed by atoms with Crippen LogP contribution in [0.2, 0.25) is 0 Å². The Kier molecular flexibility index (Phi) is 7.26. The van der Waals surface area contributed by atoms with Crippen LogP contribution >= 0.6 is 15.6 Å². The zero-order valence-electron chi connectivity index (χ0n) is 22.3. The zero-order chi connectivity index (χ0) is 31.8. The molecule has 0 radical (unpaired) electrons.